The maximum atomic E-state index is 6.61. The van der Waals surface area contributed by atoms with E-state index in [0.29, 0.717) is 5.92 Å². The molecule has 0 saturated heterocycles. The highest BCUT2D eigenvalue weighted by atomic mass is 16.7. The number of fused-ring (bicyclic) bond motifs is 3. The van der Waals surface area contributed by atoms with E-state index in [4.69, 9.17) is 9.47 Å². The van der Waals surface area contributed by atoms with Gasteiger partial charge in [-0.1, -0.05) is 88.4 Å². The van der Waals surface area contributed by atoms with E-state index in [2.05, 4.69) is 100 Å². The highest BCUT2D eigenvalue weighted by Gasteiger charge is 2.32. The second-order valence-corrected chi connectivity index (χ2v) is 8.30. The largest absolute Gasteiger partial charge is 0.465 e. The molecule has 1 aliphatic carbocycles. The first kappa shape index (κ1) is 19.7. The minimum Gasteiger partial charge on any atom is -0.465 e. The third-order valence-electron chi connectivity index (χ3n) is 5.90. The molecular weight excluding hydrogens is 356 g/mol. The first-order chi connectivity index (χ1) is 14.1. The molecule has 0 N–H and O–H groups in total. The minimum atomic E-state index is -0.325. The number of ether oxygens (including phenoxy) is 2. The van der Waals surface area contributed by atoms with E-state index in [0.717, 1.165) is 12.2 Å². The van der Waals surface area contributed by atoms with Crippen molar-refractivity contribution >= 4 is 0 Å². The van der Waals surface area contributed by atoms with Crippen LogP contribution in [0.1, 0.15) is 62.8 Å². The molecule has 2 nitrogen and oxygen atoms in total. The summed E-state index contributed by atoms with van der Waals surface area (Å²) in [7, 11) is 0. The molecule has 2 atom stereocenters. The van der Waals surface area contributed by atoms with Gasteiger partial charge in [-0.2, -0.15) is 0 Å². The zero-order valence-corrected chi connectivity index (χ0v) is 17.8. The topological polar surface area (TPSA) is 18.5 Å². The Morgan fingerprint density at radius 2 is 1.31 bits per heavy atom. The van der Waals surface area contributed by atoms with Crippen molar-refractivity contribution < 1.29 is 9.47 Å². The zero-order valence-electron chi connectivity index (χ0n) is 17.8. The van der Waals surface area contributed by atoms with Crippen LogP contribution >= 0.6 is 0 Å². The SMILES string of the molecule is CCC(C)c1ccc(OC(OC2c3ccccc3-c3ccccc32)C(C)C)cc1. The molecule has 0 radical (unpaired) electrons. The van der Waals surface area contributed by atoms with Gasteiger partial charge in [0.2, 0.25) is 6.29 Å². The van der Waals surface area contributed by atoms with Crippen LogP contribution in [0, 0.1) is 5.92 Å². The van der Waals surface area contributed by atoms with Crippen molar-refractivity contribution in [1.29, 1.82) is 0 Å². The number of rotatable bonds is 7. The average molecular weight is 387 g/mol. The maximum Gasteiger partial charge on any atom is 0.203 e. The van der Waals surface area contributed by atoms with Gasteiger partial charge in [0.25, 0.3) is 0 Å². The summed E-state index contributed by atoms with van der Waals surface area (Å²) in [6, 6.07) is 25.5. The van der Waals surface area contributed by atoms with Gasteiger partial charge < -0.3 is 9.47 Å². The Bertz CT molecular complexity index is 913. The van der Waals surface area contributed by atoms with Gasteiger partial charge in [-0.25, -0.2) is 0 Å². The Hall–Kier alpha value is -2.58. The molecule has 0 bridgehead atoms. The lowest BCUT2D eigenvalue weighted by atomic mass is 9.99. The van der Waals surface area contributed by atoms with Crippen LogP contribution in [0.25, 0.3) is 11.1 Å². The van der Waals surface area contributed by atoms with Crippen LogP contribution in [0.5, 0.6) is 5.75 Å². The molecule has 2 unspecified atom stereocenters. The zero-order chi connectivity index (χ0) is 20.4. The lowest BCUT2D eigenvalue weighted by Crippen LogP contribution is -2.28. The summed E-state index contributed by atoms with van der Waals surface area (Å²) in [5, 5.41) is 0. The fourth-order valence-electron chi connectivity index (χ4n) is 3.96. The molecule has 0 saturated carbocycles. The molecule has 0 heterocycles. The maximum absolute atomic E-state index is 6.61. The van der Waals surface area contributed by atoms with E-state index in [1.165, 1.54) is 27.8 Å². The van der Waals surface area contributed by atoms with Crippen molar-refractivity contribution in [3.8, 4) is 16.9 Å². The Morgan fingerprint density at radius 3 is 1.83 bits per heavy atom. The van der Waals surface area contributed by atoms with Gasteiger partial charge in [0.1, 0.15) is 11.9 Å². The first-order valence-electron chi connectivity index (χ1n) is 10.7. The smallest absolute Gasteiger partial charge is 0.203 e. The molecule has 3 aromatic rings. The van der Waals surface area contributed by atoms with Gasteiger partial charge in [-0.15, -0.1) is 0 Å². The quantitative estimate of drug-likeness (QED) is 0.395. The van der Waals surface area contributed by atoms with Crippen LogP contribution in [0.4, 0.5) is 0 Å². The summed E-state index contributed by atoms with van der Waals surface area (Å²) in [4.78, 5) is 0. The van der Waals surface area contributed by atoms with Crippen molar-refractivity contribution in [1.82, 2.24) is 0 Å². The average Bonchev–Trinajstić information content (AvgIpc) is 3.07. The molecule has 2 heteroatoms. The Morgan fingerprint density at radius 1 is 0.759 bits per heavy atom. The second-order valence-electron chi connectivity index (χ2n) is 8.30. The van der Waals surface area contributed by atoms with E-state index < -0.39 is 0 Å². The number of hydrogen-bond acceptors (Lipinski definition) is 2. The summed E-state index contributed by atoms with van der Waals surface area (Å²) in [6.07, 6.45) is 0.709. The first-order valence-corrected chi connectivity index (χ1v) is 10.7. The summed E-state index contributed by atoms with van der Waals surface area (Å²) in [6.45, 7) is 8.76. The van der Waals surface area contributed by atoms with Crippen LogP contribution in [-0.2, 0) is 4.74 Å². The summed E-state index contributed by atoms with van der Waals surface area (Å²) >= 11 is 0. The Kier molecular flexibility index (Phi) is 5.73. The summed E-state index contributed by atoms with van der Waals surface area (Å²) in [5.74, 6) is 1.65. The second kappa shape index (κ2) is 8.42. The van der Waals surface area contributed by atoms with E-state index >= 15 is 0 Å². The third kappa shape index (κ3) is 3.95. The highest BCUT2D eigenvalue weighted by molar-refractivity contribution is 5.78. The van der Waals surface area contributed by atoms with Gasteiger partial charge in [-0.3, -0.25) is 0 Å². The molecular formula is C27H30O2. The van der Waals surface area contributed by atoms with Crippen molar-refractivity contribution in [2.45, 2.75) is 52.4 Å². The molecule has 29 heavy (non-hydrogen) atoms. The van der Waals surface area contributed by atoms with Crippen LogP contribution in [0.2, 0.25) is 0 Å². The standard InChI is InChI=1S/C27H30O2/c1-5-19(4)20-14-16-21(17-15-20)28-27(18(2)3)29-26-24-12-8-6-10-22(24)23-11-7-9-13-25(23)26/h6-19,26-27H,5H2,1-4H3. The van der Waals surface area contributed by atoms with Crippen molar-refractivity contribution in [3.05, 3.63) is 89.5 Å². The predicted molar refractivity (Wildman–Crippen MR) is 119 cm³/mol. The van der Waals surface area contributed by atoms with Crippen LogP contribution in [-0.4, -0.2) is 6.29 Å². The lowest BCUT2D eigenvalue weighted by Gasteiger charge is -2.27. The molecule has 4 rings (SSSR count). The van der Waals surface area contributed by atoms with Crippen molar-refractivity contribution in [2.24, 2.45) is 5.92 Å². The molecule has 0 spiro atoms. The lowest BCUT2D eigenvalue weighted by molar-refractivity contribution is -0.132. The van der Waals surface area contributed by atoms with Crippen LogP contribution in [0.15, 0.2) is 72.8 Å². The molecule has 150 valence electrons. The predicted octanol–water partition coefficient (Wildman–Crippen LogP) is 7.35. The molecule has 0 aliphatic heterocycles. The molecule has 0 amide bonds. The molecule has 0 fully saturated rings. The van der Waals surface area contributed by atoms with Crippen LogP contribution in [0.3, 0.4) is 0 Å². The molecule has 1 aliphatic rings. The fraction of sp³-hybridized carbons (Fsp3) is 0.333. The third-order valence-corrected chi connectivity index (χ3v) is 5.90. The van der Waals surface area contributed by atoms with Gasteiger partial charge in [0, 0.05) is 5.92 Å². The fourth-order valence-corrected chi connectivity index (χ4v) is 3.96. The highest BCUT2D eigenvalue weighted by Crippen LogP contribution is 2.46. The van der Waals surface area contributed by atoms with Gasteiger partial charge >= 0.3 is 0 Å². The van der Waals surface area contributed by atoms with E-state index in [1.54, 1.807) is 0 Å². The van der Waals surface area contributed by atoms with E-state index in [1.807, 2.05) is 0 Å². The summed E-state index contributed by atoms with van der Waals surface area (Å²) in [5.41, 5.74) is 6.30. The molecule has 3 aromatic carbocycles. The van der Waals surface area contributed by atoms with Crippen molar-refractivity contribution in [2.75, 3.05) is 0 Å². The van der Waals surface area contributed by atoms with Gasteiger partial charge in [-0.05, 0) is 52.3 Å². The minimum absolute atomic E-state index is 0.103. The van der Waals surface area contributed by atoms with E-state index in [-0.39, 0.29) is 18.3 Å². The van der Waals surface area contributed by atoms with Gasteiger partial charge in [0.15, 0.2) is 0 Å². The van der Waals surface area contributed by atoms with Crippen LogP contribution < -0.4 is 4.74 Å². The van der Waals surface area contributed by atoms with E-state index in [9.17, 15) is 0 Å². The summed E-state index contributed by atoms with van der Waals surface area (Å²) < 4.78 is 12.9. The Balaban J connectivity index is 1.58. The Labute approximate surface area is 174 Å². The normalized spacial score (nSPS) is 15.1. The monoisotopic (exact) mass is 386 g/mol. The molecule has 0 aromatic heterocycles. The van der Waals surface area contributed by atoms with Gasteiger partial charge in [0.05, 0.1) is 0 Å². The van der Waals surface area contributed by atoms with Crippen molar-refractivity contribution in [3.63, 3.8) is 0 Å². The number of hydrogen-bond donors (Lipinski definition) is 0. The number of benzene rings is 3.